The smallest absolute Gasteiger partial charge is 0.221 e. The Labute approximate surface area is 203 Å². The van der Waals surface area contributed by atoms with Gasteiger partial charge in [0.15, 0.2) is 17.3 Å². The van der Waals surface area contributed by atoms with Gasteiger partial charge in [0.25, 0.3) is 0 Å². The van der Waals surface area contributed by atoms with Crippen LogP contribution >= 0.6 is 0 Å². The highest BCUT2D eigenvalue weighted by atomic mass is 16.5. The van der Waals surface area contributed by atoms with Gasteiger partial charge >= 0.3 is 0 Å². The maximum atomic E-state index is 11.7. The molecule has 3 aromatic carbocycles. The van der Waals surface area contributed by atoms with Gasteiger partial charge < -0.3 is 29.9 Å². The molecule has 35 heavy (non-hydrogen) atoms. The standard InChI is InChI=1S/C27H26N4O4/c1-18(32)29-23-11-10-19(16-25(23)34-20-6-3-2-4-7-20)21-8-5-9-22(27(21)33)24-17-26(30-35-24)31-14-12-28-13-15-31/h2-11,16-17,28,33H,12-15H2,1H3,(H,29,32). The Balaban J connectivity index is 1.49. The summed E-state index contributed by atoms with van der Waals surface area (Å²) in [6, 6.07) is 22.0. The van der Waals surface area contributed by atoms with E-state index in [1.54, 1.807) is 18.2 Å². The van der Waals surface area contributed by atoms with Gasteiger partial charge in [0, 0.05) is 44.7 Å². The highest BCUT2D eigenvalue weighted by Crippen LogP contribution is 2.41. The minimum Gasteiger partial charge on any atom is -0.507 e. The Bertz CT molecular complexity index is 1330. The van der Waals surface area contributed by atoms with Gasteiger partial charge in [0.2, 0.25) is 5.91 Å². The molecular weight excluding hydrogens is 444 g/mol. The Morgan fingerprint density at radius 2 is 1.80 bits per heavy atom. The number of nitrogens with one attached hydrogen (secondary N) is 2. The normalized spacial score (nSPS) is 13.5. The first-order valence-electron chi connectivity index (χ1n) is 11.5. The summed E-state index contributed by atoms with van der Waals surface area (Å²) < 4.78 is 11.7. The maximum Gasteiger partial charge on any atom is 0.221 e. The van der Waals surface area contributed by atoms with Crippen molar-refractivity contribution < 1.29 is 19.2 Å². The van der Waals surface area contributed by atoms with Crippen molar-refractivity contribution in [1.29, 1.82) is 0 Å². The molecule has 1 fully saturated rings. The lowest BCUT2D eigenvalue weighted by Gasteiger charge is -2.26. The quantitative estimate of drug-likeness (QED) is 0.369. The van der Waals surface area contributed by atoms with E-state index in [0.29, 0.717) is 34.1 Å². The number of ether oxygens (including phenoxy) is 1. The number of para-hydroxylation sites is 2. The highest BCUT2D eigenvalue weighted by Gasteiger charge is 2.19. The van der Waals surface area contributed by atoms with Crippen LogP contribution in [-0.4, -0.2) is 42.3 Å². The molecule has 1 aliphatic heterocycles. The zero-order valence-corrected chi connectivity index (χ0v) is 19.3. The zero-order chi connectivity index (χ0) is 24.2. The van der Waals surface area contributed by atoms with Crippen LogP contribution in [0.2, 0.25) is 0 Å². The van der Waals surface area contributed by atoms with E-state index in [-0.39, 0.29) is 11.7 Å². The van der Waals surface area contributed by atoms with Crippen LogP contribution < -0.4 is 20.3 Å². The number of aromatic hydroxyl groups is 1. The summed E-state index contributed by atoms with van der Waals surface area (Å²) in [6.07, 6.45) is 0. The second-order valence-electron chi connectivity index (χ2n) is 8.30. The Hall–Kier alpha value is -4.30. The summed E-state index contributed by atoms with van der Waals surface area (Å²) in [6.45, 7) is 4.93. The topological polar surface area (TPSA) is 99.9 Å². The monoisotopic (exact) mass is 470 g/mol. The van der Waals surface area contributed by atoms with Gasteiger partial charge in [0.05, 0.1) is 11.3 Å². The molecule has 1 aliphatic rings. The van der Waals surface area contributed by atoms with Gasteiger partial charge in [-0.2, -0.15) is 0 Å². The molecule has 0 aliphatic carbocycles. The Morgan fingerprint density at radius 3 is 2.57 bits per heavy atom. The van der Waals surface area contributed by atoms with Crippen molar-refractivity contribution in [1.82, 2.24) is 10.5 Å². The highest BCUT2D eigenvalue weighted by molar-refractivity contribution is 5.91. The predicted molar refractivity (Wildman–Crippen MR) is 135 cm³/mol. The van der Waals surface area contributed by atoms with E-state index in [2.05, 4.69) is 20.7 Å². The molecule has 4 aromatic rings. The van der Waals surface area contributed by atoms with Gasteiger partial charge in [-0.15, -0.1) is 0 Å². The van der Waals surface area contributed by atoms with Crippen molar-refractivity contribution in [3.63, 3.8) is 0 Å². The van der Waals surface area contributed by atoms with Crippen molar-refractivity contribution >= 4 is 17.4 Å². The average molecular weight is 471 g/mol. The van der Waals surface area contributed by atoms with Gasteiger partial charge in [-0.05, 0) is 35.9 Å². The summed E-state index contributed by atoms with van der Waals surface area (Å²) in [7, 11) is 0. The first-order chi connectivity index (χ1) is 17.1. The fraction of sp³-hybridized carbons (Fsp3) is 0.185. The first-order valence-corrected chi connectivity index (χ1v) is 11.5. The van der Waals surface area contributed by atoms with Crippen molar-refractivity contribution in [3.8, 4) is 39.7 Å². The van der Waals surface area contributed by atoms with Crippen LogP contribution in [0, 0.1) is 0 Å². The number of piperazine rings is 1. The largest absolute Gasteiger partial charge is 0.507 e. The first kappa shape index (κ1) is 22.5. The number of benzene rings is 3. The number of carbonyl (C=O) groups is 1. The van der Waals surface area contributed by atoms with E-state index in [1.165, 1.54) is 6.92 Å². The van der Waals surface area contributed by atoms with E-state index >= 15 is 0 Å². The summed E-state index contributed by atoms with van der Waals surface area (Å²) in [5.41, 5.74) is 2.42. The molecule has 1 saturated heterocycles. The van der Waals surface area contributed by atoms with Crippen molar-refractivity contribution in [2.75, 3.05) is 36.4 Å². The maximum absolute atomic E-state index is 11.7. The van der Waals surface area contributed by atoms with E-state index in [4.69, 9.17) is 9.26 Å². The summed E-state index contributed by atoms with van der Waals surface area (Å²) in [5.74, 6) is 2.23. The third kappa shape index (κ3) is 4.97. The molecule has 0 bridgehead atoms. The second-order valence-corrected chi connectivity index (χ2v) is 8.30. The number of anilines is 2. The minimum absolute atomic E-state index is 0.0773. The fourth-order valence-electron chi connectivity index (χ4n) is 4.09. The predicted octanol–water partition coefficient (Wildman–Crippen LogP) is 4.87. The molecule has 8 heteroatoms. The van der Waals surface area contributed by atoms with Crippen LogP contribution in [0.25, 0.3) is 22.5 Å². The molecule has 1 amide bonds. The Kier molecular flexibility index (Phi) is 6.36. The molecule has 178 valence electrons. The van der Waals surface area contributed by atoms with Gasteiger partial charge in [-0.1, -0.05) is 41.6 Å². The van der Waals surface area contributed by atoms with Crippen molar-refractivity contribution in [2.24, 2.45) is 0 Å². The molecule has 0 saturated carbocycles. The van der Waals surface area contributed by atoms with Crippen LogP contribution in [0.3, 0.4) is 0 Å². The van der Waals surface area contributed by atoms with Crippen molar-refractivity contribution in [3.05, 3.63) is 72.8 Å². The minimum atomic E-state index is -0.203. The van der Waals surface area contributed by atoms with E-state index in [1.807, 2.05) is 54.6 Å². The zero-order valence-electron chi connectivity index (χ0n) is 19.3. The molecule has 0 atom stereocenters. The van der Waals surface area contributed by atoms with Crippen LogP contribution in [0.1, 0.15) is 6.92 Å². The average Bonchev–Trinajstić information content (AvgIpc) is 3.36. The third-order valence-electron chi connectivity index (χ3n) is 5.81. The number of amides is 1. The molecule has 1 aromatic heterocycles. The van der Waals surface area contributed by atoms with Gasteiger partial charge in [-0.3, -0.25) is 4.79 Å². The molecule has 2 heterocycles. The number of phenols is 1. The van der Waals surface area contributed by atoms with E-state index in [9.17, 15) is 9.90 Å². The number of aromatic nitrogens is 1. The number of hydrogen-bond acceptors (Lipinski definition) is 7. The third-order valence-corrected chi connectivity index (χ3v) is 5.81. The fourth-order valence-corrected chi connectivity index (χ4v) is 4.09. The number of carbonyl (C=O) groups excluding carboxylic acids is 1. The van der Waals surface area contributed by atoms with E-state index in [0.717, 1.165) is 37.6 Å². The number of phenolic OH excluding ortho intramolecular Hbond substituents is 1. The number of rotatable bonds is 6. The Morgan fingerprint density at radius 1 is 1.03 bits per heavy atom. The summed E-state index contributed by atoms with van der Waals surface area (Å²) in [4.78, 5) is 13.9. The molecule has 5 rings (SSSR count). The molecule has 3 N–H and O–H groups in total. The molecule has 0 radical (unpaired) electrons. The lowest BCUT2D eigenvalue weighted by atomic mass is 9.99. The summed E-state index contributed by atoms with van der Waals surface area (Å²) in [5, 5.41) is 21.5. The van der Waals surface area contributed by atoms with Crippen LogP contribution in [-0.2, 0) is 4.79 Å². The SMILES string of the molecule is CC(=O)Nc1ccc(-c2cccc(-c3cc(N4CCNCC4)no3)c2O)cc1Oc1ccccc1. The number of nitrogens with zero attached hydrogens (tertiary/aromatic N) is 2. The van der Waals surface area contributed by atoms with Crippen LogP contribution in [0.4, 0.5) is 11.5 Å². The van der Waals surface area contributed by atoms with Crippen LogP contribution in [0.5, 0.6) is 17.2 Å². The van der Waals surface area contributed by atoms with E-state index < -0.39 is 0 Å². The van der Waals surface area contributed by atoms with Gasteiger partial charge in [-0.25, -0.2) is 0 Å². The molecule has 8 nitrogen and oxygen atoms in total. The molecule has 0 spiro atoms. The van der Waals surface area contributed by atoms with Gasteiger partial charge in [0.1, 0.15) is 11.5 Å². The number of hydrogen-bond donors (Lipinski definition) is 3. The lowest BCUT2D eigenvalue weighted by molar-refractivity contribution is -0.114. The molecule has 0 unspecified atom stereocenters. The summed E-state index contributed by atoms with van der Waals surface area (Å²) >= 11 is 0. The second kappa shape index (κ2) is 9.90. The van der Waals surface area contributed by atoms with Crippen LogP contribution in [0.15, 0.2) is 77.3 Å². The van der Waals surface area contributed by atoms with Crippen molar-refractivity contribution in [2.45, 2.75) is 6.92 Å². The molecular formula is C27H26N4O4. The lowest BCUT2D eigenvalue weighted by Crippen LogP contribution is -2.43.